The van der Waals surface area contributed by atoms with Crippen LogP contribution in [-0.4, -0.2) is 65.6 Å². The largest absolute Gasteiger partial charge is 0.382 e. The summed E-state index contributed by atoms with van der Waals surface area (Å²) in [5.74, 6) is -1.71. The number of halogens is 2. The molecule has 180 valence electrons. The molecule has 0 radical (unpaired) electrons. The van der Waals surface area contributed by atoms with Crippen LogP contribution in [0.5, 0.6) is 0 Å². The lowest BCUT2D eigenvalue weighted by Gasteiger charge is -2.38. The van der Waals surface area contributed by atoms with Crippen LogP contribution in [0.15, 0.2) is 24.4 Å². The molecule has 1 saturated heterocycles. The Morgan fingerprint density at radius 1 is 1.21 bits per heavy atom. The van der Waals surface area contributed by atoms with E-state index in [0.717, 1.165) is 22.6 Å². The van der Waals surface area contributed by atoms with Crippen molar-refractivity contribution in [2.45, 2.75) is 52.1 Å². The Hall–Kier alpha value is -3.34. The number of hydrogen-bond acceptors (Lipinski definition) is 7. The van der Waals surface area contributed by atoms with Crippen molar-refractivity contribution in [3.63, 3.8) is 0 Å². The number of piperidine rings is 1. The molecule has 0 aliphatic carbocycles. The summed E-state index contributed by atoms with van der Waals surface area (Å²) in [4.78, 5) is 15.5. The summed E-state index contributed by atoms with van der Waals surface area (Å²) in [7, 11) is 0. The third-order valence-corrected chi connectivity index (χ3v) is 6.47. The first-order chi connectivity index (χ1) is 16.2. The molecule has 5 rings (SSSR count). The number of anilines is 2. The van der Waals surface area contributed by atoms with Crippen LogP contribution in [0.2, 0.25) is 0 Å². The second kappa shape index (κ2) is 8.15. The normalized spacial score (nSPS) is 18.9. The molecule has 1 fully saturated rings. The number of hydrogen-bond donors (Lipinski definition) is 2. The van der Waals surface area contributed by atoms with Gasteiger partial charge < -0.3 is 15.6 Å². The third kappa shape index (κ3) is 3.73. The topological polar surface area (TPSA) is 102 Å². The van der Waals surface area contributed by atoms with E-state index in [1.54, 1.807) is 15.6 Å². The number of nitrogens with one attached hydrogen (secondary N) is 1. The number of nitrogen functional groups attached to an aromatic ring is 1. The minimum atomic E-state index is -2.89. The Bertz CT molecular complexity index is 1360. The number of pyridine rings is 1. The molecule has 34 heavy (non-hydrogen) atoms. The van der Waals surface area contributed by atoms with Gasteiger partial charge in [-0.05, 0) is 51.9 Å². The van der Waals surface area contributed by atoms with Crippen LogP contribution in [-0.2, 0) is 0 Å². The summed E-state index contributed by atoms with van der Waals surface area (Å²) < 4.78 is 32.9. The maximum Gasteiger partial charge on any atom is 0.280 e. The summed E-state index contributed by atoms with van der Waals surface area (Å²) in [6.07, 6.45) is 2.04. The molecular weight excluding hydrogens is 440 g/mol. The molecular formula is C23H29F2N9. The van der Waals surface area contributed by atoms with Gasteiger partial charge in [0.1, 0.15) is 16.9 Å². The molecule has 0 saturated carbocycles. The summed E-state index contributed by atoms with van der Waals surface area (Å²) in [5, 5.41) is 7.23. The molecule has 4 aromatic rings. The summed E-state index contributed by atoms with van der Waals surface area (Å²) >= 11 is 0. The Kier molecular flexibility index (Phi) is 5.38. The number of aryl methyl sites for hydroxylation is 1. The van der Waals surface area contributed by atoms with Gasteiger partial charge in [-0.25, -0.2) is 23.3 Å². The van der Waals surface area contributed by atoms with Crippen molar-refractivity contribution in [1.29, 1.82) is 0 Å². The van der Waals surface area contributed by atoms with Crippen LogP contribution in [0.3, 0.4) is 0 Å². The minimum Gasteiger partial charge on any atom is -0.382 e. The molecule has 4 aromatic heterocycles. The van der Waals surface area contributed by atoms with E-state index in [-0.39, 0.29) is 24.4 Å². The number of imidazole rings is 1. The SMILES string of the molecule is CCN1CC[C@@H](Nc2nc(N)c3c(-c4ccc5nc(C)n(C(C)C)c5n4)ccn3n2)C(F)(F)C1. The van der Waals surface area contributed by atoms with E-state index >= 15 is 0 Å². The van der Waals surface area contributed by atoms with E-state index in [2.05, 4.69) is 38.8 Å². The summed E-state index contributed by atoms with van der Waals surface area (Å²) in [6, 6.07) is 4.84. The van der Waals surface area contributed by atoms with Crippen LogP contribution in [0, 0.1) is 6.92 Å². The van der Waals surface area contributed by atoms with Crippen molar-refractivity contribution in [3.8, 4) is 11.3 Å². The Balaban J connectivity index is 1.49. The first kappa shape index (κ1) is 22.5. The number of nitrogens with two attached hydrogens (primary N) is 1. The van der Waals surface area contributed by atoms with Gasteiger partial charge in [0.05, 0.1) is 18.3 Å². The number of fused-ring (bicyclic) bond motifs is 2. The number of nitrogens with zero attached hydrogens (tertiary/aromatic N) is 7. The van der Waals surface area contributed by atoms with Gasteiger partial charge in [0.25, 0.3) is 5.92 Å². The molecule has 0 aromatic carbocycles. The first-order valence-corrected chi connectivity index (χ1v) is 11.6. The van der Waals surface area contributed by atoms with Gasteiger partial charge in [0.2, 0.25) is 5.95 Å². The van der Waals surface area contributed by atoms with E-state index in [0.29, 0.717) is 30.7 Å². The molecule has 0 unspecified atom stereocenters. The van der Waals surface area contributed by atoms with E-state index in [1.807, 2.05) is 32.0 Å². The van der Waals surface area contributed by atoms with Crippen LogP contribution >= 0.6 is 0 Å². The van der Waals surface area contributed by atoms with Crippen LogP contribution in [0.25, 0.3) is 27.9 Å². The van der Waals surface area contributed by atoms with Gasteiger partial charge in [-0.3, -0.25) is 4.90 Å². The lowest BCUT2D eigenvalue weighted by atomic mass is 10.0. The maximum absolute atomic E-state index is 14.6. The van der Waals surface area contributed by atoms with Gasteiger partial charge in [-0.2, -0.15) is 4.98 Å². The highest BCUT2D eigenvalue weighted by atomic mass is 19.3. The van der Waals surface area contributed by atoms with Gasteiger partial charge >= 0.3 is 0 Å². The van der Waals surface area contributed by atoms with Gasteiger partial charge in [-0.15, -0.1) is 5.10 Å². The predicted molar refractivity (Wildman–Crippen MR) is 128 cm³/mol. The van der Waals surface area contributed by atoms with Crippen molar-refractivity contribution in [3.05, 3.63) is 30.2 Å². The van der Waals surface area contributed by atoms with Gasteiger partial charge in [0.15, 0.2) is 11.5 Å². The van der Waals surface area contributed by atoms with Gasteiger partial charge in [0, 0.05) is 24.3 Å². The van der Waals surface area contributed by atoms with E-state index in [4.69, 9.17) is 10.7 Å². The third-order valence-electron chi connectivity index (χ3n) is 6.47. The zero-order valence-corrected chi connectivity index (χ0v) is 19.8. The molecule has 9 nitrogen and oxygen atoms in total. The van der Waals surface area contributed by atoms with Crippen molar-refractivity contribution in [2.24, 2.45) is 0 Å². The van der Waals surface area contributed by atoms with Crippen molar-refractivity contribution >= 4 is 28.4 Å². The van der Waals surface area contributed by atoms with E-state index in [1.165, 1.54) is 0 Å². The molecule has 0 spiro atoms. The van der Waals surface area contributed by atoms with Crippen molar-refractivity contribution in [1.82, 2.24) is 34.0 Å². The fraction of sp³-hybridized carbons (Fsp3) is 0.478. The van der Waals surface area contributed by atoms with Crippen molar-refractivity contribution in [2.75, 3.05) is 30.7 Å². The highest BCUT2D eigenvalue weighted by molar-refractivity contribution is 5.88. The Morgan fingerprint density at radius 2 is 2.00 bits per heavy atom. The molecule has 3 N–H and O–H groups in total. The molecule has 1 aliphatic rings. The zero-order chi connectivity index (χ0) is 24.2. The standard InChI is InChI=1S/C23H29F2N9/c1-5-32-10-9-18(23(24,25)12-32)29-22-30-20(26)19-15(8-11-33(19)31-22)16-6-7-17-21(28-16)34(13(2)3)14(4)27-17/h6-8,11,13,18H,5,9-10,12H2,1-4H3,(H3,26,29,30,31)/t18-/m1/s1. The molecule has 1 atom stereocenters. The average Bonchev–Trinajstić information content (AvgIpc) is 3.34. The van der Waals surface area contributed by atoms with Crippen LogP contribution in [0.4, 0.5) is 20.5 Å². The number of likely N-dealkylation sites (tertiary alicyclic amines) is 1. The first-order valence-electron chi connectivity index (χ1n) is 11.6. The molecule has 0 bridgehead atoms. The summed E-state index contributed by atoms with van der Waals surface area (Å²) in [5.41, 5.74) is 9.98. The predicted octanol–water partition coefficient (Wildman–Crippen LogP) is 3.75. The number of rotatable bonds is 5. The van der Waals surface area contributed by atoms with Crippen molar-refractivity contribution < 1.29 is 8.78 Å². The van der Waals surface area contributed by atoms with Gasteiger partial charge in [-0.1, -0.05) is 6.92 Å². The second-order valence-electron chi connectivity index (χ2n) is 9.12. The average molecular weight is 470 g/mol. The molecule has 0 amide bonds. The highest BCUT2D eigenvalue weighted by Gasteiger charge is 2.44. The fourth-order valence-corrected chi connectivity index (χ4v) is 4.79. The molecule has 5 heterocycles. The Morgan fingerprint density at radius 3 is 2.71 bits per heavy atom. The number of aromatic nitrogens is 6. The minimum absolute atomic E-state index is 0.0821. The van der Waals surface area contributed by atoms with Crippen LogP contribution < -0.4 is 11.1 Å². The van der Waals surface area contributed by atoms with Crippen LogP contribution in [0.1, 0.15) is 39.1 Å². The molecule has 1 aliphatic heterocycles. The fourth-order valence-electron chi connectivity index (χ4n) is 4.79. The number of alkyl halides is 2. The quantitative estimate of drug-likeness (QED) is 0.459. The zero-order valence-electron chi connectivity index (χ0n) is 19.8. The van der Waals surface area contributed by atoms with E-state index < -0.39 is 12.0 Å². The lowest BCUT2D eigenvalue weighted by molar-refractivity contribution is -0.0726. The highest BCUT2D eigenvalue weighted by Crippen LogP contribution is 2.32. The lowest BCUT2D eigenvalue weighted by Crippen LogP contribution is -2.54. The monoisotopic (exact) mass is 469 g/mol. The van der Waals surface area contributed by atoms with E-state index in [9.17, 15) is 8.78 Å². The smallest absolute Gasteiger partial charge is 0.280 e. The maximum atomic E-state index is 14.6. The summed E-state index contributed by atoms with van der Waals surface area (Å²) in [6.45, 7) is 8.93. The molecule has 11 heteroatoms. The Labute approximate surface area is 196 Å². The second-order valence-corrected chi connectivity index (χ2v) is 9.12.